The standard InChI is InChI=1S/C20H18F3N3O3/c1-10-8-14(20(21,22)23)16(18(27)26(10)2)13-6-5-11(9-15(24)19(28)29)12-4-3-7-25-17(12)13/h3-8,15H,9,24H2,1-2H3,(H,28,29)/t15-/m0/s1. The molecule has 152 valence electrons. The number of halogens is 3. The van der Waals surface area contributed by atoms with Crippen LogP contribution in [0.2, 0.25) is 0 Å². The summed E-state index contributed by atoms with van der Waals surface area (Å²) < 4.78 is 42.3. The Morgan fingerprint density at radius 1 is 1.31 bits per heavy atom. The molecule has 0 bridgehead atoms. The molecule has 3 aromatic rings. The van der Waals surface area contributed by atoms with Crippen LogP contribution >= 0.6 is 0 Å². The van der Waals surface area contributed by atoms with Crippen LogP contribution in [0.5, 0.6) is 0 Å². The van der Waals surface area contributed by atoms with Crippen molar-refractivity contribution in [2.75, 3.05) is 0 Å². The van der Waals surface area contributed by atoms with E-state index in [2.05, 4.69) is 4.98 Å². The Bertz CT molecular complexity index is 1170. The van der Waals surface area contributed by atoms with Gasteiger partial charge in [-0.05, 0) is 31.0 Å². The number of carbonyl (C=O) groups is 1. The van der Waals surface area contributed by atoms with Gasteiger partial charge in [0.15, 0.2) is 0 Å². The lowest BCUT2D eigenvalue weighted by molar-refractivity contribution is -0.138. The number of benzene rings is 1. The second kappa shape index (κ2) is 7.32. The van der Waals surface area contributed by atoms with E-state index < -0.39 is 34.9 Å². The lowest BCUT2D eigenvalue weighted by Crippen LogP contribution is -2.32. The number of hydrogen-bond donors (Lipinski definition) is 2. The second-order valence-electron chi connectivity index (χ2n) is 6.76. The van der Waals surface area contributed by atoms with Gasteiger partial charge < -0.3 is 15.4 Å². The highest BCUT2D eigenvalue weighted by Gasteiger charge is 2.36. The Balaban J connectivity index is 2.35. The van der Waals surface area contributed by atoms with Crippen molar-refractivity contribution in [3.05, 3.63) is 63.7 Å². The molecule has 0 aliphatic rings. The quantitative estimate of drug-likeness (QED) is 0.696. The van der Waals surface area contributed by atoms with Gasteiger partial charge in [-0.25, -0.2) is 0 Å². The van der Waals surface area contributed by atoms with E-state index in [1.807, 2.05) is 0 Å². The summed E-state index contributed by atoms with van der Waals surface area (Å²) in [6.07, 6.45) is -3.37. The first-order valence-electron chi connectivity index (χ1n) is 8.65. The molecule has 0 radical (unpaired) electrons. The van der Waals surface area contributed by atoms with Gasteiger partial charge in [0.25, 0.3) is 5.56 Å². The molecule has 6 nitrogen and oxygen atoms in total. The van der Waals surface area contributed by atoms with Crippen molar-refractivity contribution in [1.82, 2.24) is 9.55 Å². The van der Waals surface area contributed by atoms with Crippen LogP contribution in [0.3, 0.4) is 0 Å². The number of hydrogen-bond acceptors (Lipinski definition) is 4. The molecule has 0 spiro atoms. The molecular formula is C20H18F3N3O3. The van der Waals surface area contributed by atoms with Crippen LogP contribution in [0.4, 0.5) is 13.2 Å². The van der Waals surface area contributed by atoms with E-state index in [0.29, 0.717) is 10.9 Å². The van der Waals surface area contributed by atoms with Crippen LogP contribution < -0.4 is 11.3 Å². The molecule has 0 aliphatic heterocycles. The van der Waals surface area contributed by atoms with Crippen molar-refractivity contribution in [1.29, 1.82) is 0 Å². The number of fused-ring (bicyclic) bond motifs is 1. The molecule has 0 aliphatic carbocycles. The van der Waals surface area contributed by atoms with Crippen LogP contribution in [0, 0.1) is 6.92 Å². The van der Waals surface area contributed by atoms with Gasteiger partial charge in [-0.15, -0.1) is 0 Å². The van der Waals surface area contributed by atoms with Gasteiger partial charge in [0.1, 0.15) is 6.04 Å². The monoisotopic (exact) mass is 405 g/mol. The van der Waals surface area contributed by atoms with Crippen molar-refractivity contribution >= 4 is 16.9 Å². The zero-order valence-electron chi connectivity index (χ0n) is 15.6. The molecule has 2 heterocycles. The number of aliphatic carboxylic acids is 1. The Labute approximate surface area is 163 Å². The van der Waals surface area contributed by atoms with Crippen LogP contribution in [-0.2, 0) is 24.4 Å². The molecule has 0 saturated heterocycles. The van der Waals surface area contributed by atoms with E-state index in [1.54, 1.807) is 12.1 Å². The summed E-state index contributed by atoms with van der Waals surface area (Å²) in [5.41, 5.74) is 4.17. The molecule has 1 aromatic carbocycles. The highest BCUT2D eigenvalue weighted by molar-refractivity contribution is 5.96. The molecule has 9 heteroatoms. The zero-order valence-corrected chi connectivity index (χ0v) is 15.6. The van der Waals surface area contributed by atoms with E-state index >= 15 is 0 Å². The van der Waals surface area contributed by atoms with Crippen molar-refractivity contribution in [2.24, 2.45) is 12.8 Å². The molecule has 0 fully saturated rings. The number of carboxylic acids is 1. The summed E-state index contributed by atoms with van der Waals surface area (Å²) in [7, 11) is 1.40. The van der Waals surface area contributed by atoms with Gasteiger partial charge in [0, 0.05) is 29.9 Å². The first-order chi connectivity index (χ1) is 13.5. The molecule has 0 saturated carbocycles. The summed E-state index contributed by atoms with van der Waals surface area (Å²) in [5, 5.41) is 9.50. The minimum atomic E-state index is -4.74. The van der Waals surface area contributed by atoms with Crippen LogP contribution in [0.25, 0.3) is 22.0 Å². The van der Waals surface area contributed by atoms with Crippen LogP contribution in [0.15, 0.2) is 41.3 Å². The third-order valence-electron chi connectivity index (χ3n) is 4.86. The first kappa shape index (κ1) is 20.5. The highest BCUT2D eigenvalue weighted by Crippen LogP contribution is 2.38. The third kappa shape index (κ3) is 3.73. The Morgan fingerprint density at radius 3 is 2.62 bits per heavy atom. The van der Waals surface area contributed by atoms with Gasteiger partial charge >= 0.3 is 12.1 Å². The second-order valence-corrected chi connectivity index (χ2v) is 6.76. The Morgan fingerprint density at radius 2 is 2.00 bits per heavy atom. The van der Waals surface area contributed by atoms with Crippen LogP contribution in [0.1, 0.15) is 16.8 Å². The maximum Gasteiger partial charge on any atom is 0.417 e. The van der Waals surface area contributed by atoms with E-state index in [1.165, 1.54) is 32.3 Å². The highest BCUT2D eigenvalue weighted by atomic mass is 19.4. The van der Waals surface area contributed by atoms with Gasteiger partial charge in [-0.3, -0.25) is 14.6 Å². The molecule has 2 aromatic heterocycles. The summed E-state index contributed by atoms with van der Waals surface area (Å²) in [5.74, 6) is -1.20. The van der Waals surface area contributed by atoms with Gasteiger partial charge in [-0.2, -0.15) is 13.2 Å². The molecule has 29 heavy (non-hydrogen) atoms. The predicted molar refractivity (Wildman–Crippen MR) is 101 cm³/mol. The van der Waals surface area contributed by atoms with Gasteiger partial charge in [0.2, 0.25) is 0 Å². The summed E-state index contributed by atoms with van der Waals surface area (Å²) in [6.45, 7) is 1.42. The number of aryl methyl sites for hydroxylation is 1. The Kier molecular flexibility index (Phi) is 5.18. The fourth-order valence-electron chi connectivity index (χ4n) is 3.24. The fourth-order valence-corrected chi connectivity index (χ4v) is 3.24. The molecular weight excluding hydrogens is 387 g/mol. The zero-order chi connectivity index (χ0) is 21.5. The van der Waals surface area contributed by atoms with Crippen molar-refractivity contribution < 1.29 is 23.1 Å². The minimum absolute atomic E-state index is 0.0289. The lowest BCUT2D eigenvalue weighted by Gasteiger charge is -2.18. The third-order valence-corrected chi connectivity index (χ3v) is 4.86. The van der Waals surface area contributed by atoms with E-state index in [0.717, 1.165) is 10.6 Å². The van der Waals surface area contributed by atoms with Gasteiger partial charge in [0.05, 0.1) is 16.6 Å². The average molecular weight is 405 g/mol. The molecule has 0 amide bonds. The molecule has 3 rings (SSSR count). The number of aromatic nitrogens is 2. The summed E-state index contributed by atoms with van der Waals surface area (Å²) in [4.78, 5) is 28.1. The summed E-state index contributed by atoms with van der Waals surface area (Å²) >= 11 is 0. The average Bonchev–Trinajstić information content (AvgIpc) is 2.65. The number of rotatable bonds is 4. The maximum absolute atomic E-state index is 13.7. The maximum atomic E-state index is 13.7. The number of nitrogens with two attached hydrogens (primary N) is 1. The predicted octanol–water partition coefficient (Wildman–Crippen LogP) is 2.88. The van der Waals surface area contributed by atoms with Crippen molar-refractivity contribution in [3.63, 3.8) is 0 Å². The minimum Gasteiger partial charge on any atom is -0.480 e. The fraction of sp³-hybridized carbons (Fsp3) is 0.250. The Hall–Kier alpha value is -3.20. The molecule has 0 unspecified atom stereocenters. The number of alkyl halides is 3. The van der Waals surface area contributed by atoms with E-state index in [4.69, 9.17) is 10.8 Å². The number of nitrogens with zero attached hydrogens (tertiary/aromatic N) is 2. The van der Waals surface area contributed by atoms with E-state index in [-0.39, 0.29) is 23.2 Å². The molecule has 3 N–H and O–H groups in total. The van der Waals surface area contributed by atoms with Crippen molar-refractivity contribution in [2.45, 2.75) is 25.6 Å². The topological polar surface area (TPSA) is 98.2 Å². The van der Waals surface area contributed by atoms with E-state index in [9.17, 15) is 22.8 Å². The first-order valence-corrected chi connectivity index (χ1v) is 8.65. The van der Waals surface area contributed by atoms with Crippen LogP contribution in [-0.4, -0.2) is 26.7 Å². The van der Waals surface area contributed by atoms with Crippen molar-refractivity contribution in [3.8, 4) is 11.1 Å². The normalized spacial score (nSPS) is 12.9. The lowest BCUT2D eigenvalue weighted by atomic mass is 9.93. The molecule has 1 atom stereocenters. The smallest absolute Gasteiger partial charge is 0.417 e. The SMILES string of the molecule is Cc1cc(C(F)(F)F)c(-c2ccc(C[C@H](N)C(=O)O)c3cccnc23)c(=O)n1C. The van der Waals surface area contributed by atoms with Gasteiger partial charge in [-0.1, -0.05) is 18.2 Å². The number of carboxylic acid groups (broad SMARTS) is 1. The summed E-state index contributed by atoms with van der Waals surface area (Å²) in [6, 6.07) is 5.80. The largest absolute Gasteiger partial charge is 0.480 e. The number of pyridine rings is 2.